The van der Waals surface area contributed by atoms with Crippen LogP contribution in [0, 0.1) is 5.92 Å². The lowest BCUT2D eigenvalue weighted by molar-refractivity contribution is -0.119. The number of methoxy groups -OCH3 is 1. The predicted molar refractivity (Wildman–Crippen MR) is 106 cm³/mol. The summed E-state index contributed by atoms with van der Waals surface area (Å²) < 4.78 is 6.02. The van der Waals surface area contributed by atoms with Crippen LogP contribution in [-0.4, -0.2) is 35.5 Å². The van der Waals surface area contributed by atoms with E-state index in [-0.39, 0.29) is 11.9 Å². The summed E-state index contributed by atoms with van der Waals surface area (Å²) >= 11 is 2.92. The highest BCUT2D eigenvalue weighted by Gasteiger charge is 2.33. The molecule has 0 aliphatic heterocycles. The number of nitrogens with zero attached hydrogens (tertiary/aromatic N) is 2. The molecular formula is C18H24N4O2S2. The maximum Gasteiger partial charge on any atom is 0.230 e. The van der Waals surface area contributed by atoms with Gasteiger partial charge in [0.1, 0.15) is 5.75 Å². The highest BCUT2D eigenvalue weighted by molar-refractivity contribution is 8.01. The van der Waals surface area contributed by atoms with Gasteiger partial charge in [-0.15, -0.1) is 10.2 Å². The van der Waals surface area contributed by atoms with E-state index in [2.05, 4.69) is 27.8 Å². The van der Waals surface area contributed by atoms with Gasteiger partial charge < -0.3 is 15.4 Å². The molecule has 26 heavy (non-hydrogen) atoms. The van der Waals surface area contributed by atoms with Crippen molar-refractivity contribution in [2.45, 2.75) is 36.6 Å². The smallest absolute Gasteiger partial charge is 0.230 e. The number of hydrogen-bond donors (Lipinski definition) is 2. The molecule has 3 rings (SSSR count). The van der Waals surface area contributed by atoms with Crippen LogP contribution in [0.2, 0.25) is 0 Å². The standard InChI is InChI=1S/C18H24N4O2S2/c1-3-10-19-17-21-22-18(26-17)25-11-15(23)20-16(12-4-5-12)13-6-8-14(24-2)9-7-13/h6-9,12,16H,3-5,10-11H2,1-2H3,(H,19,21)(H,20,23). The summed E-state index contributed by atoms with van der Waals surface area (Å²) in [5.41, 5.74) is 1.13. The molecule has 1 amide bonds. The van der Waals surface area contributed by atoms with Gasteiger partial charge >= 0.3 is 0 Å². The third-order valence-electron chi connectivity index (χ3n) is 4.14. The van der Waals surface area contributed by atoms with E-state index in [0.717, 1.165) is 46.6 Å². The minimum atomic E-state index is 0.0287. The van der Waals surface area contributed by atoms with E-state index < -0.39 is 0 Å². The Morgan fingerprint density at radius 1 is 1.35 bits per heavy atom. The summed E-state index contributed by atoms with van der Waals surface area (Å²) in [7, 11) is 1.66. The fourth-order valence-electron chi connectivity index (χ4n) is 2.63. The summed E-state index contributed by atoms with van der Waals surface area (Å²) in [5, 5.41) is 15.4. The quantitative estimate of drug-likeness (QED) is 0.600. The lowest BCUT2D eigenvalue weighted by Crippen LogP contribution is -2.31. The lowest BCUT2D eigenvalue weighted by atomic mass is 10.0. The fourth-order valence-corrected chi connectivity index (χ4v) is 4.22. The van der Waals surface area contributed by atoms with Gasteiger partial charge in [0.2, 0.25) is 11.0 Å². The monoisotopic (exact) mass is 392 g/mol. The van der Waals surface area contributed by atoms with Gasteiger partial charge in [-0.05, 0) is 42.9 Å². The number of hydrogen-bond acceptors (Lipinski definition) is 7. The van der Waals surface area contributed by atoms with Gasteiger partial charge in [0, 0.05) is 6.54 Å². The molecule has 140 valence electrons. The average molecular weight is 393 g/mol. The van der Waals surface area contributed by atoms with E-state index in [4.69, 9.17) is 4.74 Å². The second-order valence-corrected chi connectivity index (χ2v) is 8.44. The molecule has 1 saturated carbocycles. The van der Waals surface area contributed by atoms with Crippen LogP contribution in [0.25, 0.3) is 0 Å². The Hall–Kier alpha value is -1.80. The number of thioether (sulfide) groups is 1. The fraction of sp³-hybridized carbons (Fsp3) is 0.500. The van der Waals surface area contributed by atoms with Crippen LogP contribution in [0.4, 0.5) is 5.13 Å². The first-order valence-corrected chi connectivity index (χ1v) is 10.6. The Balaban J connectivity index is 1.52. The molecule has 1 aliphatic rings. The van der Waals surface area contributed by atoms with Gasteiger partial charge in [0.25, 0.3) is 0 Å². The molecule has 1 aliphatic carbocycles. The van der Waals surface area contributed by atoms with Gasteiger partial charge in [-0.25, -0.2) is 0 Å². The van der Waals surface area contributed by atoms with Crippen molar-refractivity contribution in [1.29, 1.82) is 0 Å². The highest BCUT2D eigenvalue weighted by atomic mass is 32.2. The number of nitrogens with one attached hydrogen (secondary N) is 2. The zero-order chi connectivity index (χ0) is 18.4. The third-order valence-corrected chi connectivity index (χ3v) is 6.16. The lowest BCUT2D eigenvalue weighted by Gasteiger charge is -2.19. The second-order valence-electron chi connectivity index (χ2n) is 6.24. The number of carbonyl (C=O) groups excluding carboxylic acids is 1. The van der Waals surface area contributed by atoms with E-state index in [1.54, 1.807) is 7.11 Å². The number of benzene rings is 1. The third kappa shape index (κ3) is 5.35. The van der Waals surface area contributed by atoms with Crippen molar-refractivity contribution in [3.63, 3.8) is 0 Å². The zero-order valence-electron chi connectivity index (χ0n) is 15.0. The topological polar surface area (TPSA) is 76.1 Å². The van der Waals surface area contributed by atoms with E-state index in [9.17, 15) is 4.79 Å². The highest BCUT2D eigenvalue weighted by Crippen LogP contribution is 2.41. The molecule has 2 N–H and O–H groups in total. The Morgan fingerprint density at radius 2 is 2.12 bits per heavy atom. The van der Waals surface area contributed by atoms with Gasteiger partial charge in [-0.1, -0.05) is 42.2 Å². The van der Waals surface area contributed by atoms with Gasteiger partial charge in [0.05, 0.1) is 18.9 Å². The molecule has 6 nitrogen and oxygen atoms in total. The van der Waals surface area contributed by atoms with Crippen LogP contribution in [0.3, 0.4) is 0 Å². The molecular weight excluding hydrogens is 368 g/mol. The molecule has 1 heterocycles. The van der Waals surface area contributed by atoms with Crippen LogP contribution in [-0.2, 0) is 4.79 Å². The van der Waals surface area contributed by atoms with E-state index >= 15 is 0 Å². The van der Waals surface area contributed by atoms with Gasteiger partial charge in [-0.2, -0.15) is 0 Å². The molecule has 1 fully saturated rings. The molecule has 1 unspecified atom stereocenters. The van der Waals surface area contributed by atoms with Crippen molar-refractivity contribution in [2.24, 2.45) is 5.92 Å². The van der Waals surface area contributed by atoms with E-state index in [0.29, 0.717) is 11.7 Å². The van der Waals surface area contributed by atoms with Crippen molar-refractivity contribution in [2.75, 3.05) is 24.7 Å². The van der Waals surface area contributed by atoms with E-state index in [1.807, 2.05) is 24.3 Å². The Kier molecular flexibility index (Phi) is 6.73. The molecule has 0 saturated heterocycles. The van der Waals surface area contributed by atoms with Crippen LogP contribution < -0.4 is 15.4 Å². The van der Waals surface area contributed by atoms with Crippen LogP contribution in [0.1, 0.15) is 37.8 Å². The Morgan fingerprint density at radius 3 is 2.77 bits per heavy atom. The molecule has 0 bridgehead atoms. The molecule has 0 radical (unpaired) electrons. The summed E-state index contributed by atoms with van der Waals surface area (Å²) in [6, 6.07) is 8.03. The van der Waals surface area contributed by atoms with Gasteiger partial charge in [-0.3, -0.25) is 4.79 Å². The minimum Gasteiger partial charge on any atom is -0.497 e. The number of anilines is 1. The summed E-state index contributed by atoms with van der Waals surface area (Å²) in [6.45, 7) is 2.98. The second kappa shape index (κ2) is 9.23. The first kappa shape index (κ1) is 19.0. The normalized spacial score (nSPS) is 14.7. The SMILES string of the molecule is CCCNc1nnc(SCC(=O)NC(c2ccc(OC)cc2)C2CC2)s1. The summed E-state index contributed by atoms with van der Waals surface area (Å²) in [5.74, 6) is 1.74. The number of amides is 1. The van der Waals surface area contributed by atoms with Crippen LogP contribution in [0.5, 0.6) is 5.75 Å². The molecule has 1 aromatic heterocycles. The van der Waals surface area contributed by atoms with E-state index in [1.165, 1.54) is 23.1 Å². The Bertz CT molecular complexity index is 716. The number of aromatic nitrogens is 2. The zero-order valence-corrected chi connectivity index (χ0v) is 16.7. The molecule has 1 aromatic carbocycles. The van der Waals surface area contributed by atoms with Crippen molar-refractivity contribution < 1.29 is 9.53 Å². The number of rotatable bonds is 10. The first-order chi connectivity index (χ1) is 12.7. The Labute approximate surface area is 162 Å². The summed E-state index contributed by atoms with van der Waals surface area (Å²) in [4.78, 5) is 12.4. The number of carbonyl (C=O) groups is 1. The van der Waals surface area contributed by atoms with Gasteiger partial charge in [0.15, 0.2) is 4.34 Å². The maximum absolute atomic E-state index is 12.4. The largest absolute Gasteiger partial charge is 0.497 e. The molecule has 0 spiro atoms. The molecule has 8 heteroatoms. The van der Waals surface area contributed by atoms with Crippen molar-refractivity contribution in [3.05, 3.63) is 29.8 Å². The summed E-state index contributed by atoms with van der Waals surface area (Å²) in [6.07, 6.45) is 3.36. The van der Waals surface area contributed by atoms with Crippen molar-refractivity contribution >= 4 is 34.1 Å². The molecule has 1 atom stereocenters. The predicted octanol–water partition coefficient (Wildman–Crippen LogP) is 3.73. The minimum absolute atomic E-state index is 0.0287. The number of ether oxygens (including phenoxy) is 1. The average Bonchev–Trinajstić information content (AvgIpc) is 3.41. The van der Waals surface area contributed by atoms with Crippen LogP contribution >= 0.6 is 23.1 Å². The maximum atomic E-state index is 12.4. The first-order valence-electron chi connectivity index (χ1n) is 8.83. The molecule has 2 aromatic rings. The van der Waals surface area contributed by atoms with Crippen molar-refractivity contribution in [3.8, 4) is 5.75 Å². The van der Waals surface area contributed by atoms with Crippen molar-refractivity contribution in [1.82, 2.24) is 15.5 Å². The van der Waals surface area contributed by atoms with Crippen LogP contribution in [0.15, 0.2) is 28.6 Å².